The van der Waals surface area contributed by atoms with E-state index in [0.29, 0.717) is 6.42 Å². The van der Waals surface area contributed by atoms with Gasteiger partial charge >= 0.3 is 7.60 Å². The maximum absolute atomic E-state index is 11.2. The Bertz CT molecular complexity index is 189. The minimum atomic E-state index is -3.39. The molecule has 0 aromatic carbocycles. The van der Waals surface area contributed by atoms with Crippen LogP contribution in [0.3, 0.4) is 0 Å². The second-order valence-corrected chi connectivity index (χ2v) is 4.43. The molecular weight excluding hydrogens is 167 g/mol. The van der Waals surface area contributed by atoms with Crippen molar-refractivity contribution >= 4 is 13.6 Å². The summed E-state index contributed by atoms with van der Waals surface area (Å²) in [6, 6.07) is 0.263. The van der Waals surface area contributed by atoms with E-state index in [2.05, 4.69) is 0 Å². The Hall–Kier alpha value is -0.180. The van der Waals surface area contributed by atoms with Crippen LogP contribution in [0.5, 0.6) is 0 Å². The Balaban J connectivity index is 2.70. The molecule has 0 N–H and O–H groups in total. The van der Waals surface area contributed by atoms with E-state index in [-0.39, 0.29) is 18.2 Å². The van der Waals surface area contributed by atoms with Crippen LogP contribution in [0.15, 0.2) is 0 Å². The van der Waals surface area contributed by atoms with Crippen molar-refractivity contribution in [2.45, 2.75) is 32.5 Å². The van der Waals surface area contributed by atoms with Crippen molar-refractivity contribution in [1.29, 1.82) is 0 Å². The standard InChI is InChI=1S/C6H11O4P/c1-5-3-6(2)10-11(8,4-7)9-5/h4-6H,3H2,1-2H3. The van der Waals surface area contributed by atoms with Crippen molar-refractivity contribution in [3.05, 3.63) is 0 Å². The lowest BCUT2D eigenvalue weighted by molar-refractivity contribution is 0.0554. The van der Waals surface area contributed by atoms with E-state index in [0.717, 1.165) is 0 Å². The van der Waals surface area contributed by atoms with E-state index >= 15 is 0 Å². The van der Waals surface area contributed by atoms with E-state index in [1.54, 1.807) is 13.8 Å². The number of hydrogen-bond acceptors (Lipinski definition) is 4. The van der Waals surface area contributed by atoms with E-state index in [1.807, 2.05) is 0 Å². The molecule has 2 atom stereocenters. The van der Waals surface area contributed by atoms with Gasteiger partial charge in [0.05, 0.1) is 12.2 Å². The van der Waals surface area contributed by atoms with Crippen LogP contribution in [-0.4, -0.2) is 18.2 Å². The summed E-state index contributed by atoms with van der Waals surface area (Å²) in [6.07, 6.45) is 0.363. The minimum Gasteiger partial charge on any atom is -0.300 e. The average molecular weight is 178 g/mol. The second-order valence-electron chi connectivity index (χ2n) is 2.71. The van der Waals surface area contributed by atoms with Crippen molar-refractivity contribution in [1.82, 2.24) is 0 Å². The van der Waals surface area contributed by atoms with Crippen LogP contribution in [0.1, 0.15) is 20.3 Å². The molecule has 0 spiro atoms. The molecule has 1 aliphatic rings. The predicted molar refractivity (Wildman–Crippen MR) is 40.1 cm³/mol. The molecule has 11 heavy (non-hydrogen) atoms. The molecule has 4 nitrogen and oxygen atoms in total. The van der Waals surface area contributed by atoms with Crippen molar-refractivity contribution in [2.24, 2.45) is 0 Å². The fourth-order valence-electron chi connectivity index (χ4n) is 1.13. The zero-order chi connectivity index (χ0) is 8.48. The average Bonchev–Trinajstić information content (AvgIpc) is 1.84. The number of hydrogen-bond donors (Lipinski definition) is 0. The first-order chi connectivity index (χ1) is 5.06. The van der Waals surface area contributed by atoms with Gasteiger partial charge in [0.1, 0.15) is 0 Å². The van der Waals surface area contributed by atoms with E-state index in [1.165, 1.54) is 0 Å². The highest BCUT2D eigenvalue weighted by Crippen LogP contribution is 2.51. The molecule has 0 radical (unpaired) electrons. The third-order valence-corrected chi connectivity index (χ3v) is 3.01. The molecule has 2 unspecified atom stereocenters. The van der Waals surface area contributed by atoms with Gasteiger partial charge in [-0.3, -0.25) is 9.36 Å². The van der Waals surface area contributed by atoms with Crippen molar-refractivity contribution in [3.63, 3.8) is 0 Å². The monoisotopic (exact) mass is 178 g/mol. The van der Waals surface area contributed by atoms with Gasteiger partial charge in [0.2, 0.25) is 6.03 Å². The third kappa shape index (κ3) is 2.12. The van der Waals surface area contributed by atoms with E-state index < -0.39 is 7.60 Å². The fraction of sp³-hybridized carbons (Fsp3) is 0.833. The van der Waals surface area contributed by atoms with Gasteiger partial charge in [0.25, 0.3) is 0 Å². The first-order valence-electron chi connectivity index (χ1n) is 3.48. The van der Waals surface area contributed by atoms with Gasteiger partial charge in [-0.05, 0) is 13.8 Å². The SMILES string of the molecule is CC1CC(C)OP(=O)(C=O)O1. The summed E-state index contributed by atoms with van der Waals surface area (Å²) in [5, 5.41) is 0. The van der Waals surface area contributed by atoms with E-state index in [9.17, 15) is 9.36 Å². The van der Waals surface area contributed by atoms with Crippen LogP contribution in [0.25, 0.3) is 0 Å². The first kappa shape index (κ1) is 8.91. The summed E-state index contributed by atoms with van der Waals surface area (Å²) in [5.41, 5.74) is 0. The minimum absolute atomic E-state index is 0.158. The molecule has 64 valence electrons. The lowest BCUT2D eigenvalue weighted by atomic mass is 10.2. The van der Waals surface area contributed by atoms with Gasteiger partial charge in [-0.15, -0.1) is 0 Å². The van der Waals surface area contributed by atoms with Gasteiger partial charge in [0.15, 0.2) is 0 Å². The molecule has 0 bridgehead atoms. The summed E-state index contributed by atoms with van der Waals surface area (Å²) in [6.45, 7) is 3.55. The number of carbonyl (C=O) groups excluding carboxylic acids is 1. The summed E-state index contributed by atoms with van der Waals surface area (Å²) in [7, 11) is -3.39. The van der Waals surface area contributed by atoms with Gasteiger partial charge in [-0.2, -0.15) is 0 Å². The molecule has 0 aromatic rings. The Morgan fingerprint density at radius 1 is 1.36 bits per heavy atom. The highest BCUT2D eigenvalue weighted by molar-refractivity contribution is 7.69. The Kier molecular flexibility index (Phi) is 2.47. The zero-order valence-corrected chi connectivity index (χ0v) is 7.41. The Morgan fingerprint density at radius 2 is 1.82 bits per heavy atom. The summed E-state index contributed by atoms with van der Waals surface area (Å²) < 4.78 is 20.9. The second kappa shape index (κ2) is 3.05. The lowest BCUT2D eigenvalue weighted by Crippen LogP contribution is -2.24. The maximum atomic E-state index is 11.2. The van der Waals surface area contributed by atoms with Crippen LogP contribution in [0, 0.1) is 0 Å². The normalized spacial score (nSPS) is 45.3. The van der Waals surface area contributed by atoms with Crippen LogP contribution >= 0.6 is 7.60 Å². The smallest absolute Gasteiger partial charge is 0.300 e. The fourth-order valence-corrected chi connectivity index (χ4v) is 2.45. The Morgan fingerprint density at radius 3 is 2.18 bits per heavy atom. The third-order valence-electron chi connectivity index (χ3n) is 1.45. The van der Waals surface area contributed by atoms with Gasteiger partial charge in [-0.1, -0.05) is 0 Å². The summed E-state index contributed by atoms with van der Waals surface area (Å²) in [5.74, 6) is 0. The molecule has 1 heterocycles. The van der Waals surface area contributed by atoms with Gasteiger partial charge in [0, 0.05) is 6.42 Å². The van der Waals surface area contributed by atoms with Gasteiger partial charge < -0.3 is 9.05 Å². The molecule has 5 heteroatoms. The number of carbonyl (C=O) groups is 1. The largest absolute Gasteiger partial charge is 0.394 e. The molecule has 1 saturated heterocycles. The highest BCUT2D eigenvalue weighted by Gasteiger charge is 2.34. The van der Waals surface area contributed by atoms with Crippen LogP contribution in [0.4, 0.5) is 0 Å². The topological polar surface area (TPSA) is 52.6 Å². The molecule has 0 aliphatic carbocycles. The zero-order valence-electron chi connectivity index (χ0n) is 6.52. The maximum Gasteiger partial charge on any atom is 0.394 e. The summed E-state index contributed by atoms with van der Waals surface area (Å²) in [4.78, 5) is 10.3. The molecule has 0 aromatic heterocycles. The number of rotatable bonds is 1. The lowest BCUT2D eigenvalue weighted by Gasteiger charge is -2.28. The van der Waals surface area contributed by atoms with Crippen molar-refractivity contribution in [2.75, 3.05) is 0 Å². The molecule has 1 fully saturated rings. The highest BCUT2D eigenvalue weighted by atomic mass is 31.2. The van der Waals surface area contributed by atoms with Crippen LogP contribution in [-0.2, 0) is 18.4 Å². The molecule has 0 amide bonds. The predicted octanol–water partition coefficient (Wildman–Crippen LogP) is 1.58. The molecular formula is C6H11O4P. The first-order valence-corrected chi connectivity index (χ1v) is 5.10. The van der Waals surface area contributed by atoms with Gasteiger partial charge in [-0.25, -0.2) is 0 Å². The molecule has 1 aliphatic heterocycles. The van der Waals surface area contributed by atoms with Crippen molar-refractivity contribution < 1.29 is 18.4 Å². The van der Waals surface area contributed by atoms with E-state index in [4.69, 9.17) is 9.05 Å². The van der Waals surface area contributed by atoms with Crippen LogP contribution < -0.4 is 0 Å². The molecule has 0 saturated carbocycles. The van der Waals surface area contributed by atoms with Crippen LogP contribution in [0.2, 0.25) is 0 Å². The summed E-state index contributed by atoms with van der Waals surface area (Å²) >= 11 is 0. The molecule has 1 rings (SSSR count). The quantitative estimate of drug-likeness (QED) is 0.451. The van der Waals surface area contributed by atoms with Crippen molar-refractivity contribution in [3.8, 4) is 0 Å². The Labute approximate surface area is 65.4 Å².